The molecule has 0 unspecified atom stereocenters. The van der Waals surface area contributed by atoms with Crippen molar-refractivity contribution < 1.29 is 18.7 Å². The lowest BCUT2D eigenvalue weighted by Gasteiger charge is -2.10. The Morgan fingerprint density at radius 1 is 0.862 bits per heavy atom. The second-order valence-corrected chi connectivity index (χ2v) is 6.47. The molecule has 3 aromatic rings. The van der Waals surface area contributed by atoms with E-state index in [0.717, 1.165) is 5.75 Å². The highest BCUT2D eigenvalue weighted by molar-refractivity contribution is 6.31. The lowest BCUT2D eigenvalue weighted by atomic mass is 10.3. The number of rotatable bonds is 9. The monoisotopic (exact) mass is 414 g/mol. The van der Waals surface area contributed by atoms with E-state index in [4.69, 9.17) is 21.1 Å². The Morgan fingerprint density at radius 2 is 1.48 bits per heavy atom. The first-order valence-electron chi connectivity index (χ1n) is 8.99. The summed E-state index contributed by atoms with van der Waals surface area (Å²) >= 11 is 5.72. The molecule has 0 saturated heterocycles. The van der Waals surface area contributed by atoms with E-state index < -0.39 is 5.82 Å². The Labute approximate surface area is 173 Å². The Kier molecular flexibility index (Phi) is 7.30. The normalized spacial score (nSPS) is 10.3. The van der Waals surface area contributed by atoms with Gasteiger partial charge >= 0.3 is 0 Å². The summed E-state index contributed by atoms with van der Waals surface area (Å²) in [4.78, 5) is 12.0. The molecule has 7 heteroatoms. The zero-order valence-corrected chi connectivity index (χ0v) is 16.3. The summed E-state index contributed by atoms with van der Waals surface area (Å²) in [6.45, 7) is 0.864. The summed E-state index contributed by atoms with van der Waals surface area (Å²) in [5, 5.41) is 5.66. The molecule has 0 spiro atoms. The van der Waals surface area contributed by atoms with Gasteiger partial charge in [-0.15, -0.1) is 0 Å². The standard InChI is InChI=1S/C22H20ClFN2O3/c23-20-14-17(8-11-21(20)24)25-15-22(27)26-16-6-9-19(10-7-16)29-13-12-28-18-4-2-1-3-5-18/h1-11,14,25H,12-13,15H2,(H,26,27). The van der Waals surface area contributed by atoms with E-state index in [1.807, 2.05) is 30.3 Å². The summed E-state index contributed by atoms with van der Waals surface area (Å²) in [6.07, 6.45) is 0. The average Bonchev–Trinajstić information content (AvgIpc) is 2.74. The van der Waals surface area contributed by atoms with Crippen molar-refractivity contribution in [3.05, 3.63) is 83.6 Å². The Bertz CT molecular complexity index is 937. The number of ether oxygens (including phenoxy) is 2. The first-order valence-corrected chi connectivity index (χ1v) is 9.37. The minimum atomic E-state index is -0.504. The Balaban J connectivity index is 1.39. The van der Waals surface area contributed by atoms with Crippen LogP contribution >= 0.6 is 11.6 Å². The van der Waals surface area contributed by atoms with Gasteiger partial charge in [-0.2, -0.15) is 0 Å². The molecule has 3 aromatic carbocycles. The molecule has 0 fully saturated rings. The van der Waals surface area contributed by atoms with Crippen molar-refractivity contribution in [2.45, 2.75) is 0 Å². The van der Waals surface area contributed by atoms with Crippen molar-refractivity contribution in [2.24, 2.45) is 0 Å². The first-order chi connectivity index (χ1) is 14.1. The first kappa shape index (κ1) is 20.5. The van der Waals surface area contributed by atoms with Crippen LogP contribution < -0.4 is 20.1 Å². The van der Waals surface area contributed by atoms with Gasteiger partial charge in [-0.3, -0.25) is 4.79 Å². The van der Waals surface area contributed by atoms with Crippen LogP contribution in [0.2, 0.25) is 5.02 Å². The number of carbonyl (C=O) groups excluding carboxylic acids is 1. The van der Waals surface area contributed by atoms with E-state index in [0.29, 0.717) is 30.3 Å². The number of anilines is 2. The number of benzene rings is 3. The number of hydrogen-bond donors (Lipinski definition) is 2. The number of hydrogen-bond acceptors (Lipinski definition) is 4. The molecule has 3 rings (SSSR count). The third-order valence-electron chi connectivity index (χ3n) is 3.87. The van der Waals surface area contributed by atoms with Crippen molar-refractivity contribution >= 4 is 28.9 Å². The maximum Gasteiger partial charge on any atom is 0.243 e. The molecule has 2 N–H and O–H groups in total. The molecule has 29 heavy (non-hydrogen) atoms. The van der Waals surface area contributed by atoms with Crippen LogP contribution in [0.15, 0.2) is 72.8 Å². The molecule has 150 valence electrons. The second kappa shape index (κ2) is 10.3. The number of halogens is 2. The van der Waals surface area contributed by atoms with E-state index >= 15 is 0 Å². The molecule has 0 bridgehead atoms. The van der Waals surface area contributed by atoms with Gasteiger partial charge in [0.05, 0.1) is 11.6 Å². The topological polar surface area (TPSA) is 59.6 Å². The van der Waals surface area contributed by atoms with Crippen molar-refractivity contribution in [3.63, 3.8) is 0 Å². The highest BCUT2D eigenvalue weighted by atomic mass is 35.5. The fourth-order valence-electron chi connectivity index (χ4n) is 2.46. The van der Waals surface area contributed by atoms with E-state index in [-0.39, 0.29) is 17.5 Å². The molecule has 0 atom stereocenters. The van der Waals surface area contributed by atoms with E-state index in [2.05, 4.69) is 10.6 Å². The lowest BCUT2D eigenvalue weighted by molar-refractivity contribution is -0.114. The third kappa shape index (κ3) is 6.69. The average molecular weight is 415 g/mol. The maximum atomic E-state index is 13.1. The smallest absolute Gasteiger partial charge is 0.243 e. The fraction of sp³-hybridized carbons (Fsp3) is 0.136. The van der Waals surface area contributed by atoms with Crippen LogP contribution in [-0.2, 0) is 4.79 Å². The summed E-state index contributed by atoms with van der Waals surface area (Å²) < 4.78 is 24.3. The summed E-state index contributed by atoms with van der Waals surface area (Å²) in [5.74, 6) is 0.732. The molecule has 0 saturated carbocycles. The molecule has 0 aromatic heterocycles. The van der Waals surface area contributed by atoms with Gasteiger partial charge in [-0.05, 0) is 54.6 Å². The highest BCUT2D eigenvalue weighted by Gasteiger charge is 2.05. The number of nitrogens with one attached hydrogen (secondary N) is 2. The van der Waals surface area contributed by atoms with Crippen LogP contribution in [0.25, 0.3) is 0 Å². The van der Waals surface area contributed by atoms with Crippen LogP contribution in [0, 0.1) is 5.82 Å². The second-order valence-electron chi connectivity index (χ2n) is 6.06. The van der Waals surface area contributed by atoms with Gasteiger partial charge in [-0.25, -0.2) is 4.39 Å². The molecule has 1 amide bonds. The predicted octanol–water partition coefficient (Wildman–Crippen LogP) is 4.99. The van der Waals surface area contributed by atoms with Crippen molar-refractivity contribution in [1.29, 1.82) is 0 Å². The largest absolute Gasteiger partial charge is 0.490 e. The van der Waals surface area contributed by atoms with Crippen molar-refractivity contribution in [3.8, 4) is 11.5 Å². The molecule has 0 heterocycles. The van der Waals surface area contributed by atoms with Crippen LogP contribution in [0.4, 0.5) is 15.8 Å². The van der Waals surface area contributed by atoms with Crippen LogP contribution in [0.5, 0.6) is 11.5 Å². The minimum Gasteiger partial charge on any atom is -0.490 e. The SMILES string of the molecule is O=C(CNc1ccc(F)c(Cl)c1)Nc1ccc(OCCOc2ccccc2)cc1. The number of amides is 1. The van der Waals surface area contributed by atoms with Gasteiger partial charge in [0.2, 0.25) is 5.91 Å². The highest BCUT2D eigenvalue weighted by Crippen LogP contribution is 2.19. The van der Waals surface area contributed by atoms with Crippen molar-refractivity contribution in [2.75, 3.05) is 30.4 Å². The van der Waals surface area contributed by atoms with Gasteiger partial charge in [0.1, 0.15) is 30.5 Å². The lowest BCUT2D eigenvalue weighted by Crippen LogP contribution is -2.21. The zero-order chi connectivity index (χ0) is 20.5. The number of para-hydroxylation sites is 1. The quantitative estimate of drug-likeness (QED) is 0.484. The molecule has 0 aliphatic carbocycles. The minimum absolute atomic E-state index is 0.000153. The van der Waals surface area contributed by atoms with Crippen LogP contribution in [0.1, 0.15) is 0 Å². The van der Waals surface area contributed by atoms with Gasteiger partial charge < -0.3 is 20.1 Å². The third-order valence-corrected chi connectivity index (χ3v) is 4.16. The molecule has 0 radical (unpaired) electrons. The van der Waals surface area contributed by atoms with E-state index in [1.165, 1.54) is 18.2 Å². The van der Waals surface area contributed by atoms with E-state index in [9.17, 15) is 9.18 Å². The summed E-state index contributed by atoms with van der Waals surface area (Å²) in [5.41, 5.74) is 1.20. The van der Waals surface area contributed by atoms with Crippen molar-refractivity contribution in [1.82, 2.24) is 0 Å². The van der Waals surface area contributed by atoms with E-state index in [1.54, 1.807) is 24.3 Å². The predicted molar refractivity (Wildman–Crippen MR) is 112 cm³/mol. The van der Waals surface area contributed by atoms with Gasteiger partial charge in [-0.1, -0.05) is 29.8 Å². The molecular weight excluding hydrogens is 395 g/mol. The Hall–Kier alpha value is -3.25. The Morgan fingerprint density at radius 3 is 2.14 bits per heavy atom. The van der Waals surface area contributed by atoms with Gasteiger partial charge in [0, 0.05) is 11.4 Å². The molecule has 0 aliphatic rings. The van der Waals surface area contributed by atoms with Gasteiger partial charge in [0.15, 0.2) is 0 Å². The fourth-order valence-corrected chi connectivity index (χ4v) is 2.64. The summed E-state index contributed by atoms with van der Waals surface area (Å²) in [7, 11) is 0. The molecular formula is C22H20ClFN2O3. The van der Waals surface area contributed by atoms with Crippen LogP contribution in [0.3, 0.4) is 0 Å². The zero-order valence-electron chi connectivity index (χ0n) is 15.5. The van der Waals surface area contributed by atoms with Crippen LogP contribution in [-0.4, -0.2) is 25.7 Å². The maximum absolute atomic E-state index is 13.1. The molecule has 0 aliphatic heterocycles. The van der Waals surface area contributed by atoms with Gasteiger partial charge in [0.25, 0.3) is 0 Å². The number of carbonyl (C=O) groups is 1. The summed E-state index contributed by atoms with van der Waals surface area (Å²) in [6, 6.07) is 20.7. The molecule has 5 nitrogen and oxygen atoms in total.